The van der Waals surface area contributed by atoms with E-state index in [0.717, 1.165) is 6.54 Å². The van der Waals surface area contributed by atoms with E-state index in [1.807, 2.05) is 12.3 Å². The summed E-state index contributed by atoms with van der Waals surface area (Å²) in [5, 5.41) is 3.13. The molecule has 1 aliphatic rings. The Bertz CT molecular complexity index is 321. The minimum Gasteiger partial charge on any atom is -0.353 e. The van der Waals surface area contributed by atoms with Crippen LogP contribution in [0.25, 0.3) is 0 Å². The zero-order chi connectivity index (χ0) is 11.2. The summed E-state index contributed by atoms with van der Waals surface area (Å²) in [6, 6.07) is 2.05. The highest BCUT2D eigenvalue weighted by molar-refractivity contribution is 5.26. The second kappa shape index (κ2) is 5.80. The number of hydrogen-bond acceptors (Lipinski definition) is 4. The first kappa shape index (κ1) is 11.3. The molecule has 4 nitrogen and oxygen atoms in total. The fourth-order valence-electron chi connectivity index (χ4n) is 2.27. The van der Waals surface area contributed by atoms with Crippen LogP contribution in [0.3, 0.4) is 0 Å². The fourth-order valence-corrected chi connectivity index (χ4v) is 2.27. The van der Waals surface area contributed by atoms with Crippen LogP contribution in [-0.2, 0) is 0 Å². The molecule has 0 bridgehead atoms. The van der Waals surface area contributed by atoms with Crippen LogP contribution in [0, 0.1) is 0 Å². The lowest BCUT2D eigenvalue weighted by Gasteiger charge is -2.21. The smallest absolute Gasteiger partial charge is 0.222 e. The second-order valence-corrected chi connectivity index (χ2v) is 4.36. The molecule has 3 N–H and O–H groups in total. The second-order valence-electron chi connectivity index (χ2n) is 4.36. The summed E-state index contributed by atoms with van der Waals surface area (Å²) >= 11 is 0. The normalized spacial score (nSPS) is 17.3. The number of hydrogen-bond donors (Lipinski definition) is 2. The van der Waals surface area contributed by atoms with Crippen molar-refractivity contribution in [3.8, 4) is 0 Å². The third kappa shape index (κ3) is 2.92. The Balaban J connectivity index is 2.02. The maximum absolute atomic E-state index is 5.44. The van der Waals surface area contributed by atoms with Gasteiger partial charge in [-0.2, -0.15) is 0 Å². The van der Waals surface area contributed by atoms with Gasteiger partial charge < -0.3 is 11.1 Å². The highest BCUT2D eigenvalue weighted by Crippen LogP contribution is 2.31. The van der Waals surface area contributed by atoms with Crippen molar-refractivity contribution in [1.82, 2.24) is 9.97 Å². The van der Waals surface area contributed by atoms with Crippen molar-refractivity contribution in [3.63, 3.8) is 0 Å². The van der Waals surface area contributed by atoms with E-state index in [1.54, 1.807) is 0 Å². The minimum absolute atomic E-state index is 0.608. The van der Waals surface area contributed by atoms with Crippen molar-refractivity contribution in [2.75, 3.05) is 18.4 Å². The Kier molecular flexibility index (Phi) is 4.10. The van der Waals surface area contributed by atoms with Crippen LogP contribution in [0.4, 0.5) is 5.95 Å². The number of rotatable bonds is 4. The molecule has 0 aromatic carbocycles. The van der Waals surface area contributed by atoms with E-state index in [2.05, 4.69) is 15.3 Å². The summed E-state index contributed by atoms with van der Waals surface area (Å²) in [4.78, 5) is 8.75. The lowest BCUT2D eigenvalue weighted by Crippen LogP contribution is -2.16. The molecule has 1 fully saturated rings. The predicted molar refractivity (Wildman–Crippen MR) is 65.4 cm³/mol. The number of nitrogens with two attached hydrogens (primary N) is 1. The first-order valence-corrected chi connectivity index (χ1v) is 6.17. The van der Waals surface area contributed by atoms with Gasteiger partial charge >= 0.3 is 0 Å². The molecule has 16 heavy (non-hydrogen) atoms. The summed E-state index contributed by atoms with van der Waals surface area (Å²) < 4.78 is 0. The molecule has 1 saturated carbocycles. The summed E-state index contributed by atoms with van der Waals surface area (Å²) in [5.41, 5.74) is 6.63. The molecule has 0 radical (unpaired) electrons. The van der Waals surface area contributed by atoms with Gasteiger partial charge in [-0.25, -0.2) is 9.97 Å². The third-order valence-electron chi connectivity index (χ3n) is 3.13. The highest BCUT2D eigenvalue weighted by Gasteiger charge is 2.16. The fraction of sp³-hybridized carbons (Fsp3) is 0.667. The van der Waals surface area contributed by atoms with Gasteiger partial charge in [-0.3, -0.25) is 0 Å². The third-order valence-corrected chi connectivity index (χ3v) is 3.13. The van der Waals surface area contributed by atoms with E-state index in [9.17, 15) is 0 Å². The average Bonchev–Trinajstić information content (AvgIpc) is 2.38. The molecule has 0 amide bonds. The Hall–Kier alpha value is -1.16. The molecular formula is C12H20N4. The van der Waals surface area contributed by atoms with Crippen LogP contribution in [0.1, 0.15) is 43.7 Å². The van der Waals surface area contributed by atoms with Crippen molar-refractivity contribution in [1.29, 1.82) is 0 Å². The number of nitrogens with zero attached hydrogens (tertiary/aromatic N) is 2. The van der Waals surface area contributed by atoms with Crippen LogP contribution in [-0.4, -0.2) is 23.1 Å². The van der Waals surface area contributed by atoms with E-state index >= 15 is 0 Å². The number of aromatic nitrogens is 2. The lowest BCUT2D eigenvalue weighted by molar-refractivity contribution is 0.436. The quantitative estimate of drug-likeness (QED) is 0.813. The average molecular weight is 220 g/mol. The van der Waals surface area contributed by atoms with Crippen molar-refractivity contribution in [2.45, 2.75) is 38.0 Å². The molecule has 1 heterocycles. The van der Waals surface area contributed by atoms with Gasteiger partial charge in [0.15, 0.2) is 0 Å². The van der Waals surface area contributed by atoms with Crippen LogP contribution in [0.2, 0.25) is 0 Å². The molecule has 4 heteroatoms. The first-order valence-electron chi connectivity index (χ1n) is 6.17. The van der Waals surface area contributed by atoms with Gasteiger partial charge in [0.25, 0.3) is 0 Å². The zero-order valence-corrected chi connectivity index (χ0v) is 9.65. The molecule has 0 aliphatic heterocycles. The largest absolute Gasteiger partial charge is 0.353 e. The molecule has 0 saturated heterocycles. The van der Waals surface area contributed by atoms with Gasteiger partial charge in [-0.05, 0) is 18.9 Å². The molecule has 0 unspecified atom stereocenters. The van der Waals surface area contributed by atoms with E-state index in [-0.39, 0.29) is 0 Å². The summed E-state index contributed by atoms with van der Waals surface area (Å²) in [6.45, 7) is 1.34. The standard InChI is InChI=1S/C12H20N4/c13-7-9-15-12-14-8-6-11(16-12)10-4-2-1-3-5-10/h6,8,10H,1-5,7,9,13H2,(H,14,15,16). The van der Waals surface area contributed by atoms with Gasteiger partial charge in [0.1, 0.15) is 0 Å². The molecule has 1 aliphatic carbocycles. The first-order chi connectivity index (χ1) is 7.90. The maximum Gasteiger partial charge on any atom is 0.222 e. The van der Waals surface area contributed by atoms with Gasteiger partial charge in [0.05, 0.1) is 0 Å². The minimum atomic E-state index is 0.608. The summed E-state index contributed by atoms with van der Waals surface area (Å²) in [5.74, 6) is 1.35. The van der Waals surface area contributed by atoms with Gasteiger partial charge in [-0.15, -0.1) is 0 Å². The molecule has 1 aromatic heterocycles. The number of nitrogens with one attached hydrogen (secondary N) is 1. The Morgan fingerprint density at radius 3 is 2.88 bits per heavy atom. The SMILES string of the molecule is NCCNc1nccc(C2CCCCC2)n1. The van der Waals surface area contributed by atoms with E-state index in [4.69, 9.17) is 5.73 Å². The zero-order valence-electron chi connectivity index (χ0n) is 9.65. The lowest BCUT2D eigenvalue weighted by atomic mass is 9.87. The summed E-state index contributed by atoms with van der Waals surface area (Å²) in [7, 11) is 0. The monoisotopic (exact) mass is 220 g/mol. The molecule has 88 valence electrons. The maximum atomic E-state index is 5.44. The molecule has 0 atom stereocenters. The highest BCUT2D eigenvalue weighted by atomic mass is 15.1. The Labute approximate surface area is 96.7 Å². The van der Waals surface area contributed by atoms with E-state index < -0.39 is 0 Å². The predicted octanol–water partition coefficient (Wildman–Crippen LogP) is 1.89. The molecule has 0 spiro atoms. The van der Waals surface area contributed by atoms with Gasteiger partial charge in [0.2, 0.25) is 5.95 Å². The molecular weight excluding hydrogens is 200 g/mol. The summed E-state index contributed by atoms with van der Waals surface area (Å²) in [6.07, 6.45) is 8.43. The van der Waals surface area contributed by atoms with Crippen LogP contribution < -0.4 is 11.1 Å². The number of anilines is 1. The molecule has 2 rings (SSSR count). The van der Waals surface area contributed by atoms with Crippen LogP contribution in [0.5, 0.6) is 0 Å². The van der Waals surface area contributed by atoms with Crippen LogP contribution >= 0.6 is 0 Å². The van der Waals surface area contributed by atoms with Crippen molar-refractivity contribution < 1.29 is 0 Å². The molecule has 1 aromatic rings. The van der Waals surface area contributed by atoms with Gasteiger partial charge in [0, 0.05) is 30.9 Å². The van der Waals surface area contributed by atoms with Crippen LogP contribution in [0.15, 0.2) is 12.3 Å². The Morgan fingerprint density at radius 1 is 1.31 bits per heavy atom. The van der Waals surface area contributed by atoms with Crippen molar-refractivity contribution >= 4 is 5.95 Å². The van der Waals surface area contributed by atoms with Crippen molar-refractivity contribution in [2.24, 2.45) is 5.73 Å². The van der Waals surface area contributed by atoms with Gasteiger partial charge in [-0.1, -0.05) is 19.3 Å². The van der Waals surface area contributed by atoms with E-state index in [0.29, 0.717) is 18.4 Å². The Morgan fingerprint density at radius 2 is 2.12 bits per heavy atom. The van der Waals surface area contributed by atoms with E-state index in [1.165, 1.54) is 37.8 Å². The van der Waals surface area contributed by atoms with Crippen molar-refractivity contribution in [3.05, 3.63) is 18.0 Å². The topological polar surface area (TPSA) is 63.8 Å².